The molecule has 1 amide bonds. The molecule has 3 rings (SSSR count). The summed E-state index contributed by atoms with van der Waals surface area (Å²) in [6, 6.07) is 7.53. The van der Waals surface area contributed by atoms with Crippen molar-refractivity contribution in [2.75, 3.05) is 20.2 Å². The maximum Gasteiger partial charge on any atom is 0.316 e. The number of nitrogens with zero attached hydrogens (tertiary/aromatic N) is 1. The summed E-state index contributed by atoms with van der Waals surface area (Å²) in [7, 11) is 1.43. The van der Waals surface area contributed by atoms with Crippen molar-refractivity contribution in [2.45, 2.75) is 43.9 Å². The molecule has 0 bridgehead atoms. The van der Waals surface area contributed by atoms with E-state index in [9.17, 15) is 9.59 Å². The van der Waals surface area contributed by atoms with E-state index in [-0.39, 0.29) is 11.9 Å². The van der Waals surface area contributed by atoms with Crippen LogP contribution in [-0.2, 0) is 14.9 Å². The van der Waals surface area contributed by atoms with Gasteiger partial charge in [0.15, 0.2) is 0 Å². The predicted molar refractivity (Wildman–Crippen MR) is 83.7 cm³/mol. The summed E-state index contributed by atoms with van der Waals surface area (Å²) in [5, 5.41) is 0. The highest BCUT2D eigenvalue weighted by atomic mass is 16.5. The number of hydrogen-bond donors (Lipinski definition) is 0. The monoisotopic (exact) mass is 301 g/mol. The molecular weight excluding hydrogens is 278 g/mol. The van der Waals surface area contributed by atoms with Crippen LogP contribution in [0.2, 0.25) is 0 Å². The quantitative estimate of drug-likeness (QED) is 0.807. The van der Waals surface area contributed by atoms with Crippen LogP contribution in [0.4, 0.5) is 0 Å². The Bertz CT molecular complexity index is 552. The van der Waals surface area contributed by atoms with Crippen molar-refractivity contribution in [3.8, 4) is 0 Å². The Hall–Kier alpha value is -1.84. The minimum absolute atomic E-state index is 0.108. The Morgan fingerprint density at radius 2 is 1.59 bits per heavy atom. The molecule has 1 saturated carbocycles. The molecule has 22 heavy (non-hydrogen) atoms. The predicted octanol–water partition coefficient (Wildman–Crippen LogP) is 2.91. The molecule has 2 aliphatic rings. The molecule has 0 aromatic heterocycles. The normalized spacial score (nSPS) is 20.1. The van der Waals surface area contributed by atoms with Crippen LogP contribution in [0.15, 0.2) is 24.3 Å². The average Bonchev–Trinajstić information content (AvgIpc) is 3.38. The van der Waals surface area contributed by atoms with Gasteiger partial charge in [-0.25, -0.2) is 0 Å². The molecule has 2 fully saturated rings. The van der Waals surface area contributed by atoms with Gasteiger partial charge in [0.05, 0.1) is 12.5 Å². The van der Waals surface area contributed by atoms with Gasteiger partial charge in [0.2, 0.25) is 0 Å². The molecular formula is C18H23NO3. The van der Waals surface area contributed by atoms with Crippen LogP contribution in [-0.4, -0.2) is 37.0 Å². The highest BCUT2D eigenvalue weighted by Crippen LogP contribution is 2.49. The molecule has 4 nitrogen and oxygen atoms in total. The molecule has 0 radical (unpaired) electrons. The van der Waals surface area contributed by atoms with Crippen molar-refractivity contribution in [1.82, 2.24) is 4.90 Å². The largest absolute Gasteiger partial charge is 0.468 e. The van der Waals surface area contributed by atoms with Gasteiger partial charge in [-0.05, 0) is 43.4 Å². The number of methoxy groups -OCH3 is 1. The third kappa shape index (κ3) is 2.74. The Balaban J connectivity index is 1.74. The topological polar surface area (TPSA) is 46.6 Å². The van der Waals surface area contributed by atoms with Gasteiger partial charge in [0, 0.05) is 18.7 Å². The van der Waals surface area contributed by atoms with Crippen LogP contribution in [0.1, 0.15) is 54.4 Å². The lowest BCUT2D eigenvalue weighted by Crippen LogP contribution is -2.31. The molecule has 1 aromatic rings. The minimum atomic E-state index is -0.459. The van der Waals surface area contributed by atoms with Crippen molar-refractivity contribution in [3.05, 3.63) is 35.4 Å². The summed E-state index contributed by atoms with van der Waals surface area (Å²) in [6.07, 6.45) is 6.28. The summed E-state index contributed by atoms with van der Waals surface area (Å²) >= 11 is 0. The number of likely N-dealkylation sites (tertiary alicyclic amines) is 1. The van der Waals surface area contributed by atoms with E-state index < -0.39 is 5.41 Å². The summed E-state index contributed by atoms with van der Waals surface area (Å²) < 4.78 is 4.90. The lowest BCUT2D eigenvalue weighted by atomic mass is 9.95. The highest BCUT2D eigenvalue weighted by Gasteiger charge is 2.52. The average molecular weight is 301 g/mol. The molecule has 0 spiro atoms. The Kier molecular flexibility index (Phi) is 4.19. The van der Waals surface area contributed by atoms with Gasteiger partial charge in [-0.3, -0.25) is 9.59 Å². The second-order valence-electron chi connectivity index (χ2n) is 6.36. The van der Waals surface area contributed by atoms with E-state index in [1.54, 1.807) is 0 Å². The maximum absolute atomic E-state index is 12.6. The number of esters is 1. The molecule has 1 aliphatic heterocycles. The van der Waals surface area contributed by atoms with Crippen LogP contribution in [0.5, 0.6) is 0 Å². The molecule has 0 unspecified atom stereocenters. The number of amides is 1. The Morgan fingerprint density at radius 3 is 2.09 bits per heavy atom. The molecule has 1 aromatic carbocycles. The van der Waals surface area contributed by atoms with E-state index in [1.807, 2.05) is 29.2 Å². The van der Waals surface area contributed by atoms with Crippen molar-refractivity contribution < 1.29 is 14.3 Å². The minimum Gasteiger partial charge on any atom is -0.468 e. The van der Waals surface area contributed by atoms with Crippen molar-refractivity contribution in [2.24, 2.45) is 0 Å². The van der Waals surface area contributed by atoms with Crippen LogP contribution in [0, 0.1) is 0 Å². The SMILES string of the molecule is COC(=O)C1(c2ccc(C(=O)N3CCCCCC3)cc2)CC1. The van der Waals surface area contributed by atoms with Gasteiger partial charge in [-0.15, -0.1) is 0 Å². The number of carbonyl (C=O) groups is 2. The van der Waals surface area contributed by atoms with Crippen LogP contribution in [0.3, 0.4) is 0 Å². The molecule has 1 heterocycles. The first kappa shape index (κ1) is 15.1. The van der Waals surface area contributed by atoms with Gasteiger partial charge in [-0.2, -0.15) is 0 Å². The first-order valence-electron chi connectivity index (χ1n) is 8.16. The third-order valence-electron chi connectivity index (χ3n) is 4.90. The lowest BCUT2D eigenvalue weighted by molar-refractivity contribution is -0.143. The van der Waals surface area contributed by atoms with E-state index in [0.29, 0.717) is 5.56 Å². The zero-order chi connectivity index (χ0) is 15.6. The van der Waals surface area contributed by atoms with Crippen molar-refractivity contribution >= 4 is 11.9 Å². The molecule has 0 N–H and O–H groups in total. The molecule has 4 heteroatoms. The second-order valence-corrected chi connectivity index (χ2v) is 6.36. The van der Waals surface area contributed by atoms with E-state index in [4.69, 9.17) is 4.74 Å². The summed E-state index contributed by atoms with van der Waals surface area (Å²) in [6.45, 7) is 1.71. The van der Waals surface area contributed by atoms with Gasteiger partial charge >= 0.3 is 5.97 Å². The Labute approximate surface area is 131 Å². The van der Waals surface area contributed by atoms with Gasteiger partial charge in [0.25, 0.3) is 5.91 Å². The molecule has 0 atom stereocenters. The number of rotatable bonds is 3. The van der Waals surface area contributed by atoms with E-state index >= 15 is 0 Å². The zero-order valence-corrected chi connectivity index (χ0v) is 13.1. The molecule has 118 valence electrons. The zero-order valence-electron chi connectivity index (χ0n) is 13.1. The van der Waals surface area contributed by atoms with Gasteiger partial charge in [0.1, 0.15) is 0 Å². The fourth-order valence-electron chi connectivity index (χ4n) is 3.32. The van der Waals surface area contributed by atoms with Crippen LogP contribution in [0.25, 0.3) is 0 Å². The van der Waals surface area contributed by atoms with Crippen LogP contribution < -0.4 is 0 Å². The van der Waals surface area contributed by atoms with Gasteiger partial charge in [-0.1, -0.05) is 25.0 Å². The Morgan fingerprint density at radius 1 is 1.00 bits per heavy atom. The number of hydrogen-bond acceptors (Lipinski definition) is 3. The lowest BCUT2D eigenvalue weighted by Gasteiger charge is -2.21. The number of benzene rings is 1. The fourth-order valence-corrected chi connectivity index (χ4v) is 3.32. The van der Waals surface area contributed by atoms with E-state index in [2.05, 4.69) is 0 Å². The summed E-state index contributed by atoms with van der Waals surface area (Å²) in [5.74, 6) is -0.0598. The number of carbonyl (C=O) groups excluding carboxylic acids is 2. The molecule has 1 saturated heterocycles. The summed E-state index contributed by atoms with van der Waals surface area (Å²) in [5.41, 5.74) is 1.22. The second kappa shape index (κ2) is 6.11. The third-order valence-corrected chi connectivity index (χ3v) is 4.90. The first-order chi connectivity index (χ1) is 10.7. The number of ether oxygens (including phenoxy) is 1. The fraction of sp³-hybridized carbons (Fsp3) is 0.556. The maximum atomic E-state index is 12.6. The van der Waals surface area contributed by atoms with Gasteiger partial charge < -0.3 is 9.64 Å². The van der Waals surface area contributed by atoms with Crippen molar-refractivity contribution in [1.29, 1.82) is 0 Å². The van der Waals surface area contributed by atoms with Crippen molar-refractivity contribution in [3.63, 3.8) is 0 Å². The standard InChI is InChI=1S/C18H23NO3/c1-22-17(21)18(10-11-18)15-8-6-14(7-9-15)16(20)19-12-4-2-3-5-13-19/h6-9H,2-5,10-13H2,1H3. The first-order valence-corrected chi connectivity index (χ1v) is 8.16. The van der Waals surface area contributed by atoms with E-state index in [0.717, 1.165) is 44.3 Å². The summed E-state index contributed by atoms with van der Waals surface area (Å²) in [4.78, 5) is 26.4. The van der Waals surface area contributed by atoms with E-state index in [1.165, 1.54) is 20.0 Å². The molecule has 1 aliphatic carbocycles. The smallest absolute Gasteiger partial charge is 0.316 e. The van der Waals surface area contributed by atoms with Crippen LogP contribution >= 0.6 is 0 Å². The highest BCUT2D eigenvalue weighted by molar-refractivity contribution is 5.94.